The first-order chi connectivity index (χ1) is 9.31. The molecule has 0 saturated heterocycles. The fourth-order valence-electron chi connectivity index (χ4n) is 2.14. The van der Waals surface area contributed by atoms with Crippen molar-refractivity contribution < 1.29 is 14.2 Å². The normalized spacial score (nSPS) is 13.9. The van der Waals surface area contributed by atoms with Gasteiger partial charge >= 0.3 is 0 Å². The minimum atomic E-state index is 0.472. The van der Waals surface area contributed by atoms with Gasteiger partial charge in [-0.15, -0.1) is 0 Å². The lowest BCUT2D eigenvalue weighted by Gasteiger charge is -2.15. The van der Waals surface area contributed by atoms with Crippen LogP contribution < -0.4 is 19.9 Å². The zero-order valence-corrected chi connectivity index (χ0v) is 10.6. The Labute approximate surface area is 110 Å². The first kappa shape index (κ1) is 11.7. The molecule has 0 bridgehead atoms. The molecule has 2 heterocycles. The van der Waals surface area contributed by atoms with E-state index in [1.54, 1.807) is 13.3 Å². The molecular formula is C13H15N3O3. The largest absolute Gasteiger partial charge is 0.496 e. The number of nitrogens with one attached hydrogen (secondary N) is 1. The van der Waals surface area contributed by atoms with E-state index in [0.717, 1.165) is 17.5 Å². The second-order valence-electron chi connectivity index (χ2n) is 4.22. The monoisotopic (exact) mass is 261 g/mol. The molecule has 0 fully saturated rings. The topological polar surface area (TPSA) is 82.4 Å². The number of nitrogens with zero attached hydrogens (tertiary/aromatic N) is 1. The lowest BCUT2D eigenvalue weighted by atomic mass is 10.1. The van der Waals surface area contributed by atoms with E-state index in [4.69, 9.17) is 19.9 Å². The maximum absolute atomic E-state index is 5.90. The molecule has 19 heavy (non-hydrogen) atoms. The molecule has 100 valence electrons. The fraction of sp³-hybridized carbons (Fsp3) is 0.308. The van der Waals surface area contributed by atoms with Crippen molar-refractivity contribution in [2.24, 2.45) is 0 Å². The van der Waals surface area contributed by atoms with Crippen LogP contribution in [0.1, 0.15) is 6.42 Å². The molecule has 1 aromatic heterocycles. The molecule has 1 aromatic carbocycles. The molecule has 6 heteroatoms. The Hall–Kier alpha value is -2.37. The number of H-pyrrole nitrogens is 1. The molecule has 0 atom stereocenters. The molecular weight excluding hydrogens is 246 g/mol. The molecule has 3 N–H and O–H groups in total. The maximum atomic E-state index is 5.90. The van der Waals surface area contributed by atoms with Gasteiger partial charge in [-0.3, -0.25) is 5.10 Å². The first-order valence-corrected chi connectivity index (χ1v) is 6.07. The standard InChI is InChI=1S/C13H15N3O3/c1-17-9-3-4-10-12(19-6-2-5-18-10)11(9)8-7-15-16-13(8)14/h3-4,7H,2,5-6H2,1H3,(H3,14,15,16). The third kappa shape index (κ3) is 1.95. The Morgan fingerprint density at radius 3 is 2.89 bits per heavy atom. The van der Waals surface area contributed by atoms with Gasteiger partial charge in [-0.1, -0.05) is 0 Å². The number of aromatic nitrogens is 2. The van der Waals surface area contributed by atoms with E-state index in [-0.39, 0.29) is 0 Å². The van der Waals surface area contributed by atoms with Gasteiger partial charge in [0.15, 0.2) is 11.5 Å². The van der Waals surface area contributed by atoms with E-state index in [2.05, 4.69) is 10.2 Å². The lowest BCUT2D eigenvalue weighted by molar-refractivity contribution is 0.297. The summed E-state index contributed by atoms with van der Waals surface area (Å²) in [7, 11) is 1.61. The number of aromatic amines is 1. The molecule has 0 amide bonds. The van der Waals surface area contributed by atoms with Gasteiger partial charge in [0.25, 0.3) is 0 Å². The zero-order valence-electron chi connectivity index (χ0n) is 10.6. The second kappa shape index (κ2) is 4.72. The van der Waals surface area contributed by atoms with Gasteiger partial charge in [-0.25, -0.2) is 0 Å². The predicted octanol–water partition coefficient (Wildman–Crippen LogP) is 1.83. The third-order valence-electron chi connectivity index (χ3n) is 3.03. The molecule has 3 rings (SSSR count). The van der Waals surface area contributed by atoms with E-state index < -0.39 is 0 Å². The SMILES string of the molecule is COc1ccc2c(c1-c1cn[nH]c1N)OCCCO2. The highest BCUT2D eigenvalue weighted by Gasteiger charge is 2.22. The molecule has 1 aliphatic rings. The number of ether oxygens (including phenoxy) is 3. The van der Waals surface area contributed by atoms with Crippen molar-refractivity contribution in [1.29, 1.82) is 0 Å². The van der Waals surface area contributed by atoms with E-state index in [1.807, 2.05) is 12.1 Å². The van der Waals surface area contributed by atoms with Crippen LogP contribution in [-0.2, 0) is 0 Å². The van der Waals surface area contributed by atoms with E-state index in [1.165, 1.54) is 0 Å². The Balaban J connectivity index is 2.23. The van der Waals surface area contributed by atoms with Crippen LogP contribution in [0.15, 0.2) is 18.3 Å². The van der Waals surface area contributed by atoms with Crippen LogP contribution in [0, 0.1) is 0 Å². The van der Waals surface area contributed by atoms with Gasteiger partial charge in [0.2, 0.25) is 0 Å². The molecule has 0 spiro atoms. The van der Waals surface area contributed by atoms with E-state index >= 15 is 0 Å². The summed E-state index contributed by atoms with van der Waals surface area (Å²) in [4.78, 5) is 0. The number of benzene rings is 1. The summed E-state index contributed by atoms with van der Waals surface area (Å²) < 4.78 is 16.9. The molecule has 0 aliphatic carbocycles. The molecule has 6 nitrogen and oxygen atoms in total. The van der Waals surface area contributed by atoms with Crippen LogP contribution in [-0.4, -0.2) is 30.5 Å². The minimum Gasteiger partial charge on any atom is -0.496 e. The minimum absolute atomic E-state index is 0.472. The number of hydrogen-bond donors (Lipinski definition) is 2. The summed E-state index contributed by atoms with van der Waals surface area (Å²) >= 11 is 0. The van der Waals surface area contributed by atoms with Gasteiger partial charge in [0.05, 0.1) is 37.6 Å². The van der Waals surface area contributed by atoms with Gasteiger partial charge in [0.1, 0.15) is 11.6 Å². The van der Waals surface area contributed by atoms with Crippen LogP contribution >= 0.6 is 0 Å². The third-order valence-corrected chi connectivity index (χ3v) is 3.03. The van der Waals surface area contributed by atoms with E-state index in [0.29, 0.717) is 36.3 Å². The predicted molar refractivity (Wildman–Crippen MR) is 70.6 cm³/mol. The Kier molecular flexibility index (Phi) is 2.91. The van der Waals surface area contributed by atoms with Gasteiger partial charge in [-0.2, -0.15) is 5.10 Å². The maximum Gasteiger partial charge on any atom is 0.172 e. The number of hydrogen-bond acceptors (Lipinski definition) is 5. The summed E-state index contributed by atoms with van der Waals surface area (Å²) in [5.41, 5.74) is 7.42. The van der Waals surface area contributed by atoms with Crippen LogP contribution in [0.3, 0.4) is 0 Å². The number of anilines is 1. The Bertz CT molecular complexity index is 595. The number of nitrogen functional groups attached to an aromatic ring is 1. The number of methoxy groups -OCH3 is 1. The van der Waals surface area contributed by atoms with Crippen molar-refractivity contribution in [2.75, 3.05) is 26.1 Å². The summed E-state index contributed by atoms with van der Waals surface area (Å²) in [6, 6.07) is 3.69. The quantitative estimate of drug-likeness (QED) is 0.861. The van der Waals surface area contributed by atoms with Crippen LogP contribution in [0.5, 0.6) is 17.2 Å². The molecule has 1 aliphatic heterocycles. The molecule has 0 unspecified atom stereocenters. The van der Waals surface area contributed by atoms with Crippen molar-refractivity contribution in [2.45, 2.75) is 6.42 Å². The highest BCUT2D eigenvalue weighted by molar-refractivity contribution is 5.85. The molecule has 0 saturated carbocycles. The van der Waals surface area contributed by atoms with Crippen molar-refractivity contribution in [3.05, 3.63) is 18.3 Å². The Morgan fingerprint density at radius 2 is 2.16 bits per heavy atom. The highest BCUT2D eigenvalue weighted by Crippen LogP contribution is 2.46. The van der Waals surface area contributed by atoms with Crippen LogP contribution in [0.2, 0.25) is 0 Å². The van der Waals surface area contributed by atoms with Crippen LogP contribution in [0.4, 0.5) is 5.82 Å². The smallest absolute Gasteiger partial charge is 0.172 e. The second-order valence-corrected chi connectivity index (χ2v) is 4.22. The first-order valence-electron chi connectivity index (χ1n) is 6.07. The van der Waals surface area contributed by atoms with Crippen LogP contribution in [0.25, 0.3) is 11.1 Å². The van der Waals surface area contributed by atoms with Crippen molar-refractivity contribution in [3.8, 4) is 28.4 Å². The number of rotatable bonds is 2. The summed E-state index contributed by atoms with van der Waals surface area (Å²) in [5, 5.41) is 6.66. The van der Waals surface area contributed by atoms with Crippen molar-refractivity contribution >= 4 is 5.82 Å². The summed E-state index contributed by atoms with van der Waals surface area (Å²) in [6.45, 7) is 1.24. The lowest BCUT2D eigenvalue weighted by Crippen LogP contribution is -1.99. The van der Waals surface area contributed by atoms with Gasteiger partial charge in [0, 0.05) is 6.42 Å². The van der Waals surface area contributed by atoms with Gasteiger partial charge < -0.3 is 19.9 Å². The number of nitrogens with two attached hydrogens (primary N) is 1. The zero-order chi connectivity index (χ0) is 13.2. The summed E-state index contributed by atoms with van der Waals surface area (Å²) in [5.74, 6) is 2.51. The van der Waals surface area contributed by atoms with Gasteiger partial charge in [-0.05, 0) is 12.1 Å². The average molecular weight is 261 g/mol. The number of fused-ring (bicyclic) bond motifs is 1. The summed E-state index contributed by atoms with van der Waals surface area (Å²) in [6.07, 6.45) is 2.50. The van der Waals surface area contributed by atoms with E-state index in [9.17, 15) is 0 Å². The average Bonchev–Trinajstić information content (AvgIpc) is 2.71. The molecule has 0 radical (unpaired) electrons. The highest BCUT2D eigenvalue weighted by atomic mass is 16.5. The van der Waals surface area contributed by atoms with Crippen molar-refractivity contribution in [1.82, 2.24) is 10.2 Å². The van der Waals surface area contributed by atoms with Crippen molar-refractivity contribution in [3.63, 3.8) is 0 Å². The Morgan fingerprint density at radius 1 is 1.32 bits per heavy atom. The molecule has 2 aromatic rings. The fourth-order valence-corrected chi connectivity index (χ4v) is 2.14.